The van der Waals surface area contributed by atoms with Gasteiger partial charge in [-0.3, -0.25) is 0 Å². The molecule has 0 unspecified atom stereocenters. The summed E-state index contributed by atoms with van der Waals surface area (Å²) in [5, 5.41) is 0.443. The Morgan fingerprint density at radius 3 is 1.59 bits per heavy atom. The van der Waals surface area contributed by atoms with Crippen molar-refractivity contribution in [1.82, 2.24) is 0 Å². The molecule has 0 heterocycles. The first-order valence-corrected chi connectivity index (χ1v) is 6.50. The zero-order valence-electron chi connectivity index (χ0n) is 8.68. The summed E-state index contributed by atoms with van der Waals surface area (Å²) in [4.78, 5) is 0. The summed E-state index contributed by atoms with van der Waals surface area (Å²) >= 11 is 0. The third-order valence-corrected chi connectivity index (χ3v) is 4.79. The van der Waals surface area contributed by atoms with E-state index in [-0.39, 0.29) is 0 Å². The highest BCUT2D eigenvalue weighted by Gasteiger charge is 2.33. The smallest absolute Gasteiger partial charge is 0.166 e. The van der Waals surface area contributed by atoms with Crippen molar-refractivity contribution in [2.24, 2.45) is 0 Å². The van der Waals surface area contributed by atoms with Crippen LogP contribution in [0.5, 0.6) is 0 Å². The second kappa shape index (κ2) is 4.42. The van der Waals surface area contributed by atoms with Crippen LogP contribution in [0.2, 0.25) is 0 Å². The molecule has 4 heteroatoms. The molecule has 0 aliphatic heterocycles. The molecule has 17 heavy (non-hydrogen) atoms. The van der Waals surface area contributed by atoms with Crippen molar-refractivity contribution >= 4 is 13.3 Å². The third kappa shape index (κ3) is 2.36. The maximum atomic E-state index is 12.4. The molecule has 84 valence electrons. The van der Waals surface area contributed by atoms with Gasteiger partial charge in [0, 0.05) is 0 Å². The van der Waals surface area contributed by atoms with E-state index in [1.54, 1.807) is 0 Å². The largest absolute Gasteiger partial charge is 0.416 e. The van der Waals surface area contributed by atoms with Gasteiger partial charge in [0.2, 0.25) is 0 Å². The van der Waals surface area contributed by atoms with Gasteiger partial charge in [0.05, 0.1) is 5.56 Å². The zero-order valence-corrected chi connectivity index (χ0v) is 9.68. The molecule has 0 nitrogen and oxygen atoms in total. The van der Waals surface area contributed by atoms with E-state index in [9.17, 15) is 13.2 Å². The molecule has 0 saturated carbocycles. The van der Waals surface area contributed by atoms with Gasteiger partial charge in [0.15, 0.2) is 0 Å². The SMILES string of the molecule is C#C[Si](C#C)(C#C)c1ccc(C(F)(F)F)cc1. The molecule has 0 radical (unpaired) electrons. The molecule has 0 fully saturated rings. The minimum absolute atomic E-state index is 0.443. The lowest BCUT2D eigenvalue weighted by molar-refractivity contribution is -0.137. The van der Waals surface area contributed by atoms with Gasteiger partial charge in [-0.25, -0.2) is 0 Å². The van der Waals surface area contributed by atoms with Crippen LogP contribution in [0.1, 0.15) is 5.56 Å². The number of alkyl halides is 3. The van der Waals surface area contributed by atoms with Crippen LogP contribution in [0.3, 0.4) is 0 Å². The first-order chi connectivity index (χ1) is 7.89. The van der Waals surface area contributed by atoms with Crippen molar-refractivity contribution in [3.05, 3.63) is 29.8 Å². The van der Waals surface area contributed by atoms with Crippen molar-refractivity contribution in [3.63, 3.8) is 0 Å². The van der Waals surface area contributed by atoms with Crippen molar-refractivity contribution in [3.8, 4) is 35.9 Å². The fraction of sp³-hybridized carbons (Fsp3) is 0.0769. The van der Waals surface area contributed by atoms with Crippen molar-refractivity contribution in [1.29, 1.82) is 0 Å². The molecule has 0 atom stereocenters. The molecule has 0 spiro atoms. The molecule has 0 aromatic heterocycles. The van der Waals surface area contributed by atoms with Crippen molar-refractivity contribution < 1.29 is 13.2 Å². The number of rotatable bonds is 1. The molecule has 0 aliphatic rings. The summed E-state index contributed by atoms with van der Waals surface area (Å²) < 4.78 is 37.1. The van der Waals surface area contributed by atoms with Gasteiger partial charge in [-0.1, -0.05) is 40.9 Å². The van der Waals surface area contributed by atoms with Gasteiger partial charge in [-0.15, -0.1) is 19.3 Å². The monoisotopic (exact) mass is 248 g/mol. The van der Waals surface area contributed by atoms with E-state index in [4.69, 9.17) is 19.3 Å². The van der Waals surface area contributed by atoms with Gasteiger partial charge >= 0.3 is 14.3 Å². The van der Waals surface area contributed by atoms with Crippen molar-refractivity contribution in [2.75, 3.05) is 0 Å². The Morgan fingerprint density at radius 2 is 1.29 bits per heavy atom. The van der Waals surface area contributed by atoms with Crippen LogP contribution in [0.4, 0.5) is 13.2 Å². The van der Waals surface area contributed by atoms with Crippen LogP contribution in [0, 0.1) is 35.9 Å². The van der Waals surface area contributed by atoms with Crippen LogP contribution < -0.4 is 5.19 Å². The molecule has 1 aromatic rings. The van der Waals surface area contributed by atoms with E-state index in [1.165, 1.54) is 12.1 Å². The molecule has 0 N–H and O–H groups in total. The van der Waals surface area contributed by atoms with Gasteiger partial charge in [0.1, 0.15) is 0 Å². The first-order valence-electron chi connectivity index (χ1n) is 4.50. The lowest BCUT2D eigenvalue weighted by Gasteiger charge is -2.14. The summed E-state index contributed by atoms with van der Waals surface area (Å²) in [6.45, 7) is 0. The highest BCUT2D eigenvalue weighted by atomic mass is 28.3. The van der Waals surface area contributed by atoms with Gasteiger partial charge in [-0.2, -0.15) is 13.2 Å². The quantitative estimate of drug-likeness (QED) is 0.526. The number of hydrogen-bond donors (Lipinski definition) is 0. The standard InChI is InChI=1S/C13H7F3Si/c1-4-17(5-2,6-3)12-9-7-11(8-10-12)13(14,15)16/h1-3,7-10H. The van der Waals surface area contributed by atoms with Gasteiger partial charge in [0.25, 0.3) is 0 Å². The summed E-state index contributed by atoms with van der Waals surface area (Å²) in [6, 6.07) is 4.38. The Labute approximate surface area is 98.9 Å². The number of terminal acetylenes is 3. The average molecular weight is 248 g/mol. The molecule has 1 aromatic carbocycles. The highest BCUT2D eigenvalue weighted by Crippen LogP contribution is 2.28. The Kier molecular flexibility index (Phi) is 3.37. The molecule has 1 rings (SSSR count). The summed E-state index contributed by atoms with van der Waals surface area (Å²) in [5.74, 6) is 0. The second-order valence-corrected chi connectivity index (χ2v) is 6.20. The van der Waals surface area contributed by atoms with Gasteiger partial charge in [-0.05, 0) is 5.19 Å². The third-order valence-electron chi connectivity index (χ3n) is 2.29. The van der Waals surface area contributed by atoms with Crippen LogP contribution in [-0.2, 0) is 6.18 Å². The Morgan fingerprint density at radius 1 is 0.882 bits per heavy atom. The van der Waals surface area contributed by atoms with Crippen LogP contribution in [0.15, 0.2) is 24.3 Å². The lowest BCUT2D eigenvalue weighted by Crippen LogP contribution is -2.44. The normalized spacial score (nSPS) is 11.1. The van der Waals surface area contributed by atoms with E-state index in [2.05, 4.69) is 16.6 Å². The Hall–Kier alpha value is -2.09. The second-order valence-electron chi connectivity index (χ2n) is 3.26. The number of hydrogen-bond acceptors (Lipinski definition) is 0. The first kappa shape index (κ1) is 13.0. The predicted molar refractivity (Wildman–Crippen MR) is 63.3 cm³/mol. The predicted octanol–water partition coefficient (Wildman–Crippen LogP) is 1.88. The highest BCUT2D eigenvalue weighted by molar-refractivity contribution is 7.10. The van der Waals surface area contributed by atoms with E-state index in [1.807, 2.05) is 0 Å². The molecule has 0 amide bonds. The summed E-state index contributed by atoms with van der Waals surface area (Å²) in [7, 11) is -2.96. The number of halogens is 3. The topological polar surface area (TPSA) is 0 Å². The minimum atomic E-state index is -4.38. The molecule has 0 saturated heterocycles. The molecular formula is C13H7F3Si. The fourth-order valence-electron chi connectivity index (χ4n) is 1.28. The van der Waals surface area contributed by atoms with E-state index in [0.717, 1.165) is 12.1 Å². The number of benzene rings is 1. The maximum absolute atomic E-state index is 12.4. The van der Waals surface area contributed by atoms with Crippen molar-refractivity contribution in [2.45, 2.75) is 6.18 Å². The zero-order chi connectivity index (χ0) is 13.1. The van der Waals surface area contributed by atoms with E-state index < -0.39 is 19.8 Å². The maximum Gasteiger partial charge on any atom is 0.416 e. The molecular weight excluding hydrogens is 241 g/mol. The van der Waals surface area contributed by atoms with E-state index >= 15 is 0 Å². The van der Waals surface area contributed by atoms with E-state index in [0.29, 0.717) is 5.19 Å². The molecule has 0 bridgehead atoms. The lowest BCUT2D eigenvalue weighted by atomic mass is 10.2. The Bertz CT molecular complexity index is 496. The fourth-order valence-corrected chi connectivity index (χ4v) is 2.70. The van der Waals surface area contributed by atoms with Crippen LogP contribution in [-0.4, -0.2) is 8.07 Å². The molecule has 0 aliphatic carbocycles. The minimum Gasteiger partial charge on any atom is -0.166 e. The average Bonchev–Trinajstić information content (AvgIpc) is 2.32. The summed E-state index contributed by atoms with van der Waals surface area (Å²) in [6.07, 6.45) is 11.5. The summed E-state index contributed by atoms with van der Waals surface area (Å²) in [5.41, 5.74) is 6.37. The van der Waals surface area contributed by atoms with Gasteiger partial charge < -0.3 is 0 Å². The van der Waals surface area contributed by atoms with Crippen LogP contribution in [0.25, 0.3) is 0 Å². The Balaban J connectivity index is 3.27. The van der Waals surface area contributed by atoms with Crippen LogP contribution >= 0.6 is 0 Å².